The van der Waals surface area contributed by atoms with E-state index >= 15 is 0 Å². The molecule has 0 fully saturated rings. The van der Waals surface area contributed by atoms with Crippen molar-refractivity contribution in [2.45, 2.75) is 51.4 Å². The van der Waals surface area contributed by atoms with Crippen LogP contribution in [0, 0.1) is 6.92 Å². The number of aliphatic hydroxyl groups excluding tert-OH is 2. The van der Waals surface area contributed by atoms with Crippen molar-refractivity contribution < 1.29 is 24.2 Å². The molecule has 0 saturated heterocycles. The van der Waals surface area contributed by atoms with E-state index in [1.807, 2.05) is 0 Å². The number of ketones is 2. The van der Waals surface area contributed by atoms with Gasteiger partial charge in [0.2, 0.25) is 0 Å². The molecule has 0 saturated carbocycles. The van der Waals surface area contributed by atoms with Gasteiger partial charge in [-0.25, -0.2) is 0 Å². The predicted octanol–water partition coefficient (Wildman–Crippen LogP) is 3.80. The molecule has 0 aromatic carbocycles. The zero-order valence-corrected chi connectivity index (χ0v) is 13.1. The molecule has 2 N–H and O–H groups in total. The number of allylic oxidation sites excluding steroid dienone is 4. The molecule has 0 spiro atoms. The first kappa shape index (κ1) is 15.6. The Labute approximate surface area is 134 Å². The fourth-order valence-electron chi connectivity index (χ4n) is 3.39. The molecule has 1 aromatic heterocycles. The second kappa shape index (κ2) is 6.07. The van der Waals surface area contributed by atoms with Crippen LogP contribution in [0.3, 0.4) is 0 Å². The summed E-state index contributed by atoms with van der Waals surface area (Å²) >= 11 is 0. The predicted molar refractivity (Wildman–Crippen MR) is 83.2 cm³/mol. The van der Waals surface area contributed by atoms with Crippen molar-refractivity contribution in [2.75, 3.05) is 0 Å². The average Bonchev–Trinajstić information content (AvgIpc) is 2.91. The van der Waals surface area contributed by atoms with Crippen molar-refractivity contribution in [3.8, 4) is 0 Å². The maximum atomic E-state index is 12.4. The summed E-state index contributed by atoms with van der Waals surface area (Å²) in [7, 11) is 0. The van der Waals surface area contributed by atoms with E-state index in [2.05, 4.69) is 0 Å². The molecule has 2 aliphatic rings. The van der Waals surface area contributed by atoms with Crippen LogP contribution in [0.5, 0.6) is 0 Å². The van der Waals surface area contributed by atoms with Gasteiger partial charge in [0.15, 0.2) is 11.6 Å². The normalized spacial score (nSPS) is 19.9. The van der Waals surface area contributed by atoms with Crippen LogP contribution in [0.4, 0.5) is 0 Å². The molecule has 1 heterocycles. The van der Waals surface area contributed by atoms with E-state index in [0.29, 0.717) is 50.0 Å². The Kier molecular flexibility index (Phi) is 4.11. The molecule has 23 heavy (non-hydrogen) atoms. The maximum absolute atomic E-state index is 12.4. The zero-order valence-electron chi connectivity index (χ0n) is 13.1. The summed E-state index contributed by atoms with van der Waals surface area (Å²) in [6.07, 6.45) is 2.66. The highest BCUT2D eigenvalue weighted by Gasteiger charge is 2.38. The van der Waals surface area contributed by atoms with Gasteiger partial charge in [-0.1, -0.05) is 0 Å². The molecular formula is C18H20O5. The van der Waals surface area contributed by atoms with Crippen LogP contribution >= 0.6 is 0 Å². The number of rotatable bonds is 3. The first-order valence-corrected chi connectivity index (χ1v) is 7.95. The molecule has 0 aliphatic heterocycles. The first-order valence-electron chi connectivity index (χ1n) is 7.95. The lowest BCUT2D eigenvalue weighted by Crippen LogP contribution is -2.25. The zero-order chi connectivity index (χ0) is 16.6. The second-order valence-corrected chi connectivity index (χ2v) is 6.16. The van der Waals surface area contributed by atoms with Gasteiger partial charge in [-0.3, -0.25) is 9.59 Å². The van der Waals surface area contributed by atoms with E-state index < -0.39 is 5.92 Å². The van der Waals surface area contributed by atoms with E-state index in [1.165, 1.54) is 0 Å². The Balaban J connectivity index is 2.19. The van der Waals surface area contributed by atoms with E-state index in [9.17, 15) is 19.8 Å². The number of hydrogen-bond donors (Lipinski definition) is 2. The van der Waals surface area contributed by atoms with Gasteiger partial charge in [0.25, 0.3) is 0 Å². The third kappa shape index (κ3) is 2.83. The molecule has 0 radical (unpaired) electrons. The van der Waals surface area contributed by atoms with Gasteiger partial charge in [0.05, 0.1) is 5.92 Å². The van der Waals surface area contributed by atoms with Crippen LogP contribution in [0.1, 0.15) is 56.0 Å². The first-order chi connectivity index (χ1) is 11.0. The van der Waals surface area contributed by atoms with Crippen molar-refractivity contribution in [3.05, 3.63) is 46.3 Å². The van der Waals surface area contributed by atoms with Crippen LogP contribution in [0.25, 0.3) is 0 Å². The smallest absolute Gasteiger partial charge is 0.163 e. The van der Waals surface area contributed by atoms with Crippen LogP contribution in [0.15, 0.2) is 39.2 Å². The molecule has 5 heteroatoms. The second-order valence-electron chi connectivity index (χ2n) is 6.16. The van der Waals surface area contributed by atoms with E-state index in [0.717, 1.165) is 0 Å². The van der Waals surface area contributed by atoms with E-state index in [4.69, 9.17) is 4.42 Å². The van der Waals surface area contributed by atoms with Crippen molar-refractivity contribution in [2.24, 2.45) is 0 Å². The number of Topliss-reactive ketones (excluding diaryl/α,β-unsaturated/α-hetero) is 2. The minimum atomic E-state index is -0.815. The molecule has 0 bridgehead atoms. The summed E-state index contributed by atoms with van der Waals surface area (Å²) in [5, 5.41) is 20.6. The van der Waals surface area contributed by atoms with Crippen LogP contribution in [-0.4, -0.2) is 21.8 Å². The summed E-state index contributed by atoms with van der Waals surface area (Å²) in [6.45, 7) is 1.77. The number of furan rings is 1. The molecule has 0 amide bonds. The average molecular weight is 316 g/mol. The van der Waals surface area contributed by atoms with Crippen molar-refractivity contribution in [3.63, 3.8) is 0 Å². The van der Waals surface area contributed by atoms with E-state index in [-0.39, 0.29) is 34.2 Å². The number of aryl methyl sites for hydroxylation is 1. The minimum absolute atomic E-state index is 0.000948. The van der Waals surface area contributed by atoms with Crippen molar-refractivity contribution in [1.29, 1.82) is 0 Å². The Bertz CT molecular complexity index is 678. The minimum Gasteiger partial charge on any atom is -0.512 e. The number of carbonyl (C=O) groups is 2. The summed E-state index contributed by atoms with van der Waals surface area (Å²) in [5.41, 5.74) is 0.393. The van der Waals surface area contributed by atoms with Gasteiger partial charge in [-0.15, -0.1) is 0 Å². The Morgan fingerprint density at radius 2 is 1.43 bits per heavy atom. The third-order valence-electron chi connectivity index (χ3n) is 4.48. The Morgan fingerprint density at radius 1 is 0.913 bits per heavy atom. The lowest BCUT2D eigenvalue weighted by molar-refractivity contribution is -0.117. The largest absolute Gasteiger partial charge is 0.512 e. The van der Waals surface area contributed by atoms with Crippen molar-refractivity contribution >= 4 is 11.6 Å². The molecule has 0 atom stereocenters. The molecule has 1 aromatic rings. The number of aliphatic hydroxyl groups is 2. The monoisotopic (exact) mass is 316 g/mol. The summed E-state index contributed by atoms with van der Waals surface area (Å²) in [6, 6.07) is 3.45. The molecule has 122 valence electrons. The maximum Gasteiger partial charge on any atom is 0.163 e. The third-order valence-corrected chi connectivity index (χ3v) is 4.48. The van der Waals surface area contributed by atoms with Gasteiger partial charge in [0.1, 0.15) is 23.0 Å². The van der Waals surface area contributed by atoms with Gasteiger partial charge in [0, 0.05) is 36.8 Å². The fourth-order valence-corrected chi connectivity index (χ4v) is 3.39. The quantitative estimate of drug-likeness (QED) is 0.885. The highest BCUT2D eigenvalue weighted by atomic mass is 16.3. The lowest BCUT2D eigenvalue weighted by Gasteiger charge is -2.26. The molecule has 5 nitrogen and oxygen atoms in total. The standard InChI is InChI=1S/C18H20O5/c1-10-8-9-15(23-10)18(16-11(19)4-2-5-12(16)20)17-13(21)6-3-7-14(17)22/h8-9,18-19,21H,2-7H2,1H3. The van der Waals surface area contributed by atoms with Gasteiger partial charge in [-0.2, -0.15) is 0 Å². The van der Waals surface area contributed by atoms with Gasteiger partial charge in [-0.05, 0) is 31.9 Å². The van der Waals surface area contributed by atoms with Crippen LogP contribution < -0.4 is 0 Å². The summed E-state index contributed by atoms with van der Waals surface area (Å²) in [4.78, 5) is 24.8. The molecule has 2 aliphatic carbocycles. The Morgan fingerprint density at radius 3 is 1.83 bits per heavy atom. The van der Waals surface area contributed by atoms with Gasteiger partial charge < -0.3 is 14.6 Å². The van der Waals surface area contributed by atoms with Crippen LogP contribution in [-0.2, 0) is 9.59 Å². The topological polar surface area (TPSA) is 87.7 Å². The van der Waals surface area contributed by atoms with Crippen LogP contribution in [0.2, 0.25) is 0 Å². The number of hydrogen-bond acceptors (Lipinski definition) is 5. The molecule has 0 unspecified atom stereocenters. The molecular weight excluding hydrogens is 296 g/mol. The van der Waals surface area contributed by atoms with Gasteiger partial charge >= 0.3 is 0 Å². The van der Waals surface area contributed by atoms with Crippen molar-refractivity contribution in [1.82, 2.24) is 0 Å². The summed E-state index contributed by atoms with van der Waals surface area (Å²) in [5.74, 6) is -0.131. The highest BCUT2D eigenvalue weighted by molar-refractivity contribution is 6.04. The lowest BCUT2D eigenvalue weighted by atomic mass is 9.76. The van der Waals surface area contributed by atoms with E-state index in [1.54, 1.807) is 19.1 Å². The molecule has 3 rings (SSSR count). The highest BCUT2D eigenvalue weighted by Crippen LogP contribution is 2.42. The fraction of sp³-hybridized carbons (Fsp3) is 0.444. The number of carbonyl (C=O) groups excluding carboxylic acids is 2. The SMILES string of the molecule is Cc1ccc(C(C2=C(O)CCCC2=O)C2=C(O)CCCC2=O)o1. The Hall–Kier alpha value is -2.30. The summed E-state index contributed by atoms with van der Waals surface area (Å²) < 4.78 is 5.65.